The van der Waals surface area contributed by atoms with Crippen molar-refractivity contribution in [2.75, 3.05) is 18.4 Å². The van der Waals surface area contributed by atoms with Gasteiger partial charge < -0.3 is 15.3 Å². The first-order chi connectivity index (χ1) is 12.0. The number of Topliss-reactive ketones (excluding diaryl/α,β-unsaturated/α-hetero) is 1. The van der Waals surface area contributed by atoms with Crippen LogP contribution in [0.25, 0.3) is 0 Å². The number of aliphatic hydroxyl groups is 1. The van der Waals surface area contributed by atoms with E-state index in [2.05, 4.69) is 5.32 Å². The van der Waals surface area contributed by atoms with Gasteiger partial charge in [0.1, 0.15) is 5.60 Å². The number of ketones is 1. The lowest BCUT2D eigenvalue weighted by atomic mass is 9.86. The number of likely N-dealkylation sites (tertiary alicyclic amines) is 1. The number of carbonyl (C=O) groups is 2. The van der Waals surface area contributed by atoms with Gasteiger partial charge in [0.25, 0.3) is 0 Å². The van der Waals surface area contributed by atoms with Crippen molar-refractivity contribution in [3.05, 3.63) is 65.7 Å². The van der Waals surface area contributed by atoms with Gasteiger partial charge in [-0.15, -0.1) is 0 Å². The van der Waals surface area contributed by atoms with Crippen LogP contribution < -0.4 is 5.32 Å². The topological polar surface area (TPSA) is 69.6 Å². The normalized spacial score (nSPS) is 20.2. The zero-order valence-electron chi connectivity index (χ0n) is 14.2. The number of amides is 2. The van der Waals surface area contributed by atoms with E-state index in [1.807, 2.05) is 30.3 Å². The molecule has 0 radical (unpaired) electrons. The smallest absolute Gasteiger partial charge is 0.321 e. The lowest BCUT2D eigenvalue weighted by molar-refractivity contribution is -0.0214. The first-order valence-electron chi connectivity index (χ1n) is 8.43. The fourth-order valence-corrected chi connectivity index (χ4v) is 3.18. The number of hydrogen-bond acceptors (Lipinski definition) is 3. The van der Waals surface area contributed by atoms with Crippen molar-refractivity contribution in [3.63, 3.8) is 0 Å². The van der Waals surface area contributed by atoms with Crippen molar-refractivity contribution >= 4 is 17.5 Å². The fourth-order valence-electron chi connectivity index (χ4n) is 3.18. The van der Waals surface area contributed by atoms with E-state index < -0.39 is 5.60 Å². The second kappa shape index (κ2) is 7.07. The Balaban J connectivity index is 1.69. The summed E-state index contributed by atoms with van der Waals surface area (Å²) < 4.78 is 0. The third-order valence-corrected chi connectivity index (χ3v) is 4.61. The molecule has 5 nitrogen and oxygen atoms in total. The van der Waals surface area contributed by atoms with Crippen LogP contribution >= 0.6 is 0 Å². The summed E-state index contributed by atoms with van der Waals surface area (Å²) in [5, 5.41) is 13.8. The number of rotatable bonds is 3. The number of β-amino-alcohol motifs (C(OH)–C–C–N with tert-alkyl or cyclic N) is 1. The average molecular weight is 338 g/mol. The maximum absolute atomic E-state index is 12.5. The first kappa shape index (κ1) is 17.2. The van der Waals surface area contributed by atoms with Crippen LogP contribution in [0.15, 0.2) is 54.6 Å². The number of piperidine rings is 1. The number of anilines is 1. The van der Waals surface area contributed by atoms with E-state index in [-0.39, 0.29) is 18.4 Å². The molecule has 1 aliphatic heterocycles. The first-order valence-corrected chi connectivity index (χ1v) is 8.43. The number of carbonyl (C=O) groups excluding carboxylic acids is 2. The number of nitrogens with one attached hydrogen (secondary N) is 1. The van der Waals surface area contributed by atoms with Gasteiger partial charge in [0, 0.05) is 17.8 Å². The SMILES string of the molecule is CC(=O)c1ccc(NC(=O)N2CCCC(O)(c3ccccc3)C2)cc1. The largest absolute Gasteiger partial charge is 0.383 e. The highest BCUT2D eigenvalue weighted by Crippen LogP contribution is 2.31. The zero-order valence-corrected chi connectivity index (χ0v) is 14.2. The van der Waals surface area contributed by atoms with Gasteiger partial charge >= 0.3 is 6.03 Å². The second-order valence-electron chi connectivity index (χ2n) is 6.49. The molecule has 2 N–H and O–H groups in total. The van der Waals surface area contributed by atoms with Crippen LogP contribution in [-0.4, -0.2) is 34.9 Å². The number of nitrogens with zero attached hydrogens (tertiary/aromatic N) is 1. The minimum Gasteiger partial charge on any atom is -0.383 e. The van der Waals surface area contributed by atoms with Crippen LogP contribution in [0.5, 0.6) is 0 Å². The van der Waals surface area contributed by atoms with Gasteiger partial charge in [0.15, 0.2) is 5.78 Å². The van der Waals surface area contributed by atoms with Crippen molar-refractivity contribution in [1.29, 1.82) is 0 Å². The third kappa shape index (κ3) is 3.88. The Hall–Kier alpha value is -2.66. The molecule has 0 aliphatic carbocycles. The predicted molar refractivity (Wildman–Crippen MR) is 96.6 cm³/mol. The van der Waals surface area contributed by atoms with Gasteiger partial charge in [0.2, 0.25) is 0 Å². The lowest BCUT2D eigenvalue weighted by Crippen LogP contribution is -2.49. The van der Waals surface area contributed by atoms with Gasteiger partial charge in [-0.3, -0.25) is 4.79 Å². The van der Waals surface area contributed by atoms with E-state index in [1.165, 1.54) is 6.92 Å². The maximum atomic E-state index is 12.5. The van der Waals surface area contributed by atoms with Crippen LogP contribution in [0, 0.1) is 0 Å². The Morgan fingerprint density at radius 3 is 2.40 bits per heavy atom. The van der Waals surface area contributed by atoms with Gasteiger partial charge in [0.05, 0.1) is 6.54 Å². The molecule has 0 bridgehead atoms. The molecule has 130 valence electrons. The summed E-state index contributed by atoms with van der Waals surface area (Å²) in [4.78, 5) is 25.5. The van der Waals surface area contributed by atoms with Gasteiger partial charge in [-0.05, 0) is 49.6 Å². The molecule has 1 fully saturated rings. The Kier molecular flexibility index (Phi) is 4.86. The van der Waals surface area contributed by atoms with Crippen molar-refractivity contribution in [3.8, 4) is 0 Å². The molecule has 1 unspecified atom stereocenters. The zero-order chi connectivity index (χ0) is 17.9. The van der Waals surface area contributed by atoms with Gasteiger partial charge in [-0.2, -0.15) is 0 Å². The van der Waals surface area contributed by atoms with E-state index in [0.29, 0.717) is 24.2 Å². The predicted octanol–water partition coefficient (Wildman–Crippen LogP) is 3.40. The van der Waals surface area contributed by atoms with E-state index in [4.69, 9.17) is 0 Å². The molecular formula is C20H22N2O3. The van der Waals surface area contributed by atoms with E-state index in [1.54, 1.807) is 29.2 Å². The van der Waals surface area contributed by atoms with Crippen LogP contribution in [0.1, 0.15) is 35.7 Å². The maximum Gasteiger partial charge on any atom is 0.321 e. The van der Waals surface area contributed by atoms with E-state index >= 15 is 0 Å². The van der Waals surface area contributed by atoms with E-state index in [0.717, 1.165) is 12.0 Å². The molecule has 1 aliphatic rings. The van der Waals surface area contributed by atoms with Crippen LogP contribution in [0.4, 0.5) is 10.5 Å². The Bertz CT molecular complexity index is 758. The minimum absolute atomic E-state index is 0.0122. The quantitative estimate of drug-likeness (QED) is 0.843. The molecular weight excluding hydrogens is 316 g/mol. The summed E-state index contributed by atoms with van der Waals surface area (Å²) in [6.07, 6.45) is 1.37. The van der Waals surface area contributed by atoms with Crippen LogP contribution in [0.2, 0.25) is 0 Å². The summed E-state index contributed by atoms with van der Waals surface area (Å²) in [5.74, 6) is -0.0122. The Labute approximate surface area is 147 Å². The minimum atomic E-state index is -1.02. The molecule has 2 amide bonds. The molecule has 1 heterocycles. The molecule has 5 heteroatoms. The highest BCUT2D eigenvalue weighted by atomic mass is 16.3. The lowest BCUT2D eigenvalue weighted by Gasteiger charge is -2.39. The third-order valence-electron chi connectivity index (χ3n) is 4.61. The number of benzene rings is 2. The van der Waals surface area contributed by atoms with E-state index in [9.17, 15) is 14.7 Å². The summed E-state index contributed by atoms with van der Waals surface area (Å²) >= 11 is 0. The van der Waals surface area contributed by atoms with Gasteiger partial charge in [-0.1, -0.05) is 30.3 Å². The van der Waals surface area contributed by atoms with Crippen molar-refractivity contribution in [1.82, 2.24) is 4.90 Å². The summed E-state index contributed by atoms with van der Waals surface area (Å²) in [6, 6.07) is 16.0. The number of urea groups is 1. The average Bonchev–Trinajstić information content (AvgIpc) is 2.63. The summed E-state index contributed by atoms with van der Waals surface area (Å²) in [5.41, 5.74) is 1.05. The molecule has 0 aromatic heterocycles. The summed E-state index contributed by atoms with van der Waals surface area (Å²) in [6.45, 7) is 2.37. The van der Waals surface area contributed by atoms with Crippen molar-refractivity contribution < 1.29 is 14.7 Å². The monoisotopic (exact) mass is 338 g/mol. The molecule has 2 aromatic carbocycles. The summed E-state index contributed by atoms with van der Waals surface area (Å²) in [7, 11) is 0. The Morgan fingerprint density at radius 2 is 1.76 bits per heavy atom. The Morgan fingerprint density at radius 1 is 1.08 bits per heavy atom. The highest BCUT2D eigenvalue weighted by Gasteiger charge is 2.36. The molecule has 0 saturated carbocycles. The molecule has 0 spiro atoms. The highest BCUT2D eigenvalue weighted by molar-refractivity contribution is 5.95. The van der Waals surface area contributed by atoms with Gasteiger partial charge in [-0.25, -0.2) is 4.79 Å². The van der Waals surface area contributed by atoms with Crippen molar-refractivity contribution in [2.24, 2.45) is 0 Å². The molecule has 1 saturated heterocycles. The van der Waals surface area contributed by atoms with Crippen LogP contribution in [0.3, 0.4) is 0 Å². The standard InChI is InChI=1S/C20H22N2O3/c1-15(23)16-8-10-18(11-9-16)21-19(24)22-13-5-12-20(25,14-22)17-6-3-2-4-7-17/h2-4,6-11,25H,5,12-14H2,1H3,(H,21,24). The number of hydrogen-bond donors (Lipinski definition) is 2. The van der Waals surface area contributed by atoms with Crippen LogP contribution in [-0.2, 0) is 5.60 Å². The second-order valence-corrected chi connectivity index (χ2v) is 6.49. The van der Waals surface area contributed by atoms with Crippen molar-refractivity contribution in [2.45, 2.75) is 25.4 Å². The fraction of sp³-hybridized carbons (Fsp3) is 0.300. The molecule has 3 rings (SSSR count). The molecule has 25 heavy (non-hydrogen) atoms. The molecule has 1 atom stereocenters. The molecule has 2 aromatic rings.